The fourth-order valence-corrected chi connectivity index (χ4v) is 2.79. The van der Waals surface area contributed by atoms with Crippen molar-refractivity contribution in [1.29, 1.82) is 0 Å². The minimum Gasteiger partial charge on any atom is -0.355 e. The first-order valence-corrected chi connectivity index (χ1v) is 9.24. The molecule has 0 spiro atoms. The van der Waals surface area contributed by atoms with E-state index in [1.54, 1.807) is 0 Å². The maximum Gasteiger partial charge on any atom is 0.224 e. The SMILES string of the molecule is CCC(C)N(Cc1ccccc1)C(=O)CCNC(=O)Cc1ccccc1. The lowest BCUT2D eigenvalue weighted by atomic mass is 10.1. The van der Waals surface area contributed by atoms with Gasteiger partial charge in [0.1, 0.15) is 0 Å². The van der Waals surface area contributed by atoms with Crippen molar-refractivity contribution < 1.29 is 9.59 Å². The van der Waals surface area contributed by atoms with E-state index < -0.39 is 0 Å². The molecule has 0 aliphatic carbocycles. The first-order chi connectivity index (χ1) is 12.6. The summed E-state index contributed by atoms with van der Waals surface area (Å²) in [5.41, 5.74) is 2.09. The van der Waals surface area contributed by atoms with E-state index in [-0.39, 0.29) is 17.9 Å². The Balaban J connectivity index is 1.83. The Morgan fingerprint density at radius 2 is 1.54 bits per heavy atom. The highest BCUT2D eigenvalue weighted by Gasteiger charge is 2.19. The lowest BCUT2D eigenvalue weighted by Crippen LogP contribution is -2.39. The zero-order valence-electron chi connectivity index (χ0n) is 15.7. The molecular weight excluding hydrogens is 324 g/mol. The van der Waals surface area contributed by atoms with Crippen LogP contribution in [0.15, 0.2) is 60.7 Å². The summed E-state index contributed by atoms with van der Waals surface area (Å²) < 4.78 is 0. The number of nitrogens with zero attached hydrogens (tertiary/aromatic N) is 1. The first-order valence-electron chi connectivity index (χ1n) is 9.24. The summed E-state index contributed by atoms with van der Waals surface area (Å²) in [6, 6.07) is 19.8. The molecule has 0 radical (unpaired) electrons. The van der Waals surface area contributed by atoms with Crippen LogP contribution in [0.4, 0.5) is 0 Å². The zero-order valence-corrected chi connectivity index (χ0v) is 15.7. The minimum atomic E-state index is -0.0536. The molecule has 26 heavy (non-hydrogen) atoms. The summed E-state index contributed by atoms with van der Waals surface area (Å²) in [5, 5.41) is 2.85. The van der Waals surface area contributed by atoms with Gasteiger partial charge in [-0.05, 0) is 24.5 Å². The van der Waals surface area contributed by atoms with Gasteiger partial charge in [0.2, 0.25) is 11.8 Å². The van der Waals surface area contributed by atoms with Crippen LogP contribution < -0.4 is 5.32 Å². The standard InChI is InChI=1S/C22H28N2O2/c1-3-18(2)24(17-20-12-8-5-9-13-20)22(26)14-15-23-21(25)16-19-10-6-4-7-11-19/h4-13,18H,3,14-17H2,1-2H3,(H,23,25). The lowest BCUT2D eigenvalue weighted by Gasteiger charge is -2.29. The van der Waals surface area contributed by atoms with Crippen molar-refractivity contribution in [3.05, 3.63) is 71.8 Å². The van der Waals surface area contributed by atoms with Gasteiger partial charge in [0.15, 0.2) is 0 Å². The van der Waals surface area contributed by atoms with Gasteiger partial charge in [0, 0.05) is 25.6 Å². The highest BCUT2D eigenvalue weighted by Crippen LogP contribution is 2.12. The molecule has 0 aromatic heterocycles. The number of amides is 2. The van der Waals surface area contributed by atoms with Gasteiger partial charge < -0.3 is 10.2 Å². The Bertz CT molecular complexity index is 686. The third-order valence-electron chi connectivity index (χ3n) is 4.51. The van der Waals surface area contributed by atoms with Crippen LogP contribution in [0.1, 0.15) is 37.8 Å². The Morgan fingerprint density at radius 3 is 2.12 bits per heavy atom. The van der Waals surface area contributed by atoms with Crippen molar-refractivity contribution in [3.8, 4) is 0 Å². The van der Waals surface area contributed by atoms with E-state index in [0.717, 1.165) is 17.5 Å². The average Bonchev–Trinajstić information content (AvgIpc) is 2.67. The van der Waals surface area contributed by atoms with Crippen molar-refractivity contribution >= 4 is 11.8 Å². The van der Waals surface area contributed by atoms with Gasteiger partial charge >= 0.3 is 0 Å². The highest BCUT2D eigenvalue weighted by molar-refractivity contribution is 5.80. The molecule has 138 valence electrons. The second-order valence-electron chi connectivity index (χ2n) is 6.53. The van der Waals surface area contributed by atoms with E-state index in [9.17, 15) is 9.59 Å². The minimum absolute atomic E-state index is 0.0536. The zero-order chi connectivity index (χ0) is 18.8. The molecule has 0 heterocycles. The van der Waals surface area contributed by atoms with Gasteiger partial charge in [-0.3, -0.25) is 9.59 Å². The number of carbonyl (C=O) groups is 2. The van der Waals surface area contributed by atoms with Crippen LogP contribution in [-0.2, 0) is 22.6 Å². The number of carbonyl (C=O) groups excluding carboxylic acids is 2. The largest absolute Gasteiger partial charge is 0.355 e. The van der Waals surface area contributed by atoms with Gasteiger partial charge in [-0.1, -0.05) is 67.6 Å². The highest BCUT2D eigenvalue weighted by atomic mass is 16.2. The van der Waals surface area contributed by atoms with E-state index in [1.165, 1.54) is 0 Å². The third-order valence-corrected chi connectivity index (χ3v) is 4.51. The molecule has 1 unspecified atom stereocenters. The molecule has 4 nitrogen and oxygen atoms in total. The summed E-state index contributed by atoms with van der Waals surface area (Å²) in [4.78, 5) is 26.6. The molecule has 4 heteroatoms. The van der Waals surface area contributed by atoms with Crippen molar-refractivity contribution in [3.63, 3.8) is 0 Å². The van der Waals surface area contributed by atoms with Crippen LogP contribution in [0.3, 0.4) is 0 Å². The molecule has 0 bridgehead atoms. The molecule has 0 saturated heterocycles. The molecule has 2 aromatic carbocycles. The Hall–Kier alpha value is -2.62. The molecule has 0 aliphatic heterocycles. The van der Waals surface area contributed by atoms with Crippen molar-refractivity contribution in [2.75, 3.05) is 6.54 Å². The topological polar surface area (TPSA) is 49.4 Å². The molecule has 0 fully saturated rings. The summed E-state index contributed by atoms with van der Waals surface area (Å²) >= 11 is 0. The second-order valence-corrected chi connectivity index (χ2v) is 6.53. The molecule has 2 rings (SSSR count). The number of hydrogen-bond acceptors (Lipinski definition) is 2. The van der Waals surface area contributed by atoms with E-state index >= 15 is 0 Å². The van der Waals surface area contributed by atoms with Gasteiger partial charge in [-0.2, -0.15) is 0 Å². The van der Waals surface area contributed by atoms with E-state index in [1.807, 2.05) is 65.6 Å². The van der Waals surface area contributed by atoms with Gasteiger partial charge in [0.25, 0.3) is 0 Å². The van der Waals surface area contributed by atoms with E-state index in [4.69, 9.17) is 0 Å². The van der Waals surface area contributed by atoms with Crippen LogP contribution in [0.2, 0.25) is 0 Å². The monoisotopic (exact) mass is 352 g/mol. The lowest BCUT2D eigenvalue weighted by molar-refractivity contribution is -0.134. The number of benzene rings is 2. The summed E-state index contributed by atoms with van der Waals surface area (Å²) in [5.74, 6) is 0.0189. The summed E-state index contributed by atoms with van der Waals surface area (Å²) in [6.45, 7) is 5.12. The Labute approximate surface area is 156 Å². The van der Waals surface area contributed by atoms with Gasteiger partial charge in [0.05, 0.1) is 6.42 Å². The number of hydrogen-bond donors (Lipinski definition) is 1. The molecular formula is C22H28N2O2. The molecule has 1 N–H and O–H groups in total. The average molecular weight is 352 g/mol. The fourth-order valence-electron chi connectivity index (χ4n) is 2.79. The molecule has 2 amide bonds. The van der Waals surface area contributed by atoms with Gasteiger partial charge in [-0.15, -0.1) is 0 Å². The van der Waals surface area contributed by atoms with E-state index in [2.05, 4.69) is 19.2 Å². The third kappa shape index (κ3) is 6.36. The van der Waals surface area contributed by atoms with E-state index in [0.29, 0.717) is 25.9 Å². The van der Waals surface area contributed by atoms with Crippen LogP contribution in [0.5, 0.6) is 0 Å². The second kappa shape index (κ2) is 10.4. The quantitative estimate of drug-likeness (QED) is 0.750. The van der Waals surface area contributed by atoms with Crippen LogP contribution in [0.25, 0.3) is 0 Å². The molecule has 1 atom stereocenters. The first kappa shape index (κ1) is 19.7. The number of rotatable bonds is 9. The van der Waals surface area contributed by atoms with Crippen molar-refractivity contribution in [2.24, 2.45) is 0 Å². The Kier molecular flexibility index (Phi) is 7.87. The molecule has 0 aliphatic rings. The van der Waals surface area contributed by atoms with Crippen LogP contribution in [-0.4, -0.2) is 29.3 Å². The summed E-state index contributed by atoms with van der Waals surface area (Å²) in [6.07, 6.45) is 1.56. The van der Waals surface area contributed by atoms with Gasteiger partial charge in [-0.25, -0.2) is 0 Å². The van der Waals surface area contributed by atoms with Crippen LogP contribution in [0, 0.1) is 0 Å². The number of nitrogens with one attached hydrogen (secondary N) is 1. The predicted octanol–water partition coefficient (Wildman–Crippen LogP) is 3.56. The smallest absolute Gasteiger partial charge is 0.224 e. The fraction of sp³-hybridized carbons (Fsp3) is 0.364. The van der Waals surface area contributed by atoms with Crippen molar-refractivity contribution in [1.82, 2.24) is 10.2 Å². The van der Waals surface area contributed by atoms with Crippen LogP contribution >= 0.6 is 0 Å². The normalized spacial score (nSPS) is 11.6. The maximum atomic E-state index is 12.7. The molecule has 0 saturated carbocycles. The predicted molar refractivity (Wildman–Crippen MR) is 105 cm³/mol. The molecule has 2 aromatic rings. The Morgan fingerprint density at radius 1 is 0.962 bits per heavy atom. The van der Waals surface area contributed by atoms with Crippen molar-refractivity contribution in [2.45, 2.75) is 45.7 Å². The maximum absolute atomic E-state index is 12.7. The summed E-state index contributed by atoms with van der Waals surface area (Å²) in [7, 11) is 0.